The van der Waals surface area contributed by atoms with Crippen LogP contribution in [0.1, 0.15) is 0 Å². The van der Waals surface area contributed by atoms with Gasteiger partial charge >= 0.3 is 5.97 Å². The lowest BCUT2D eigenvalue weighted by Gasteiger charge is -2.03. The molecule has 1 aromatic carbocycles. The summed E-state index contributed by atoms with van der Waals surface area (Å²) in [6, 6.07) is 7.84. The summed E-state index contributed by atoms with van der Waals surface area (Å²) in [6.07, 6.45) is 0. The molecule has 0 radical (unpaired) electrons. The van der Waals surface area contributed by atoms with Crippen molar-refractivity contribution in [1.82, 2.24) is 10.2 Å². The summed E-state index contributed by atoms with van der Waals surface area (Å²) >= 11 is 4.74. The van der Waals surface area contributed by atoms with E-state index in [9.17, 15) is 4.79 Å². The average molecular weight is 393 g/mol. The molecule has 94 valence electrons. The van der Waals surface area contributed by atoms with E-state index < -0.39 is 5.97 Å². The van der Waals surface area contributed by atoms with Crippen molar-refractivity contribution >= 4 is 62.5 Å². The van der Waals surface area contributed by atoms with Gasteiger partial charge in [-0.3, -0.25) is 4.79 Å². The van der Waals surface area contributed by atoms with Crippen molar-refractivity contribution in [3.8, 4) is 0 Å². The van der Waals surface area contributed by atoms with E-state index in [-0.39, 0.29) is 5.75 Å². The normalized spacial score (nSPS) is 10.3. The average Bonchev–Trinajstić information content (AvgIpc) is 2.77. The zero-order chi connectivity index (χ0) is 13.0. The summed E-state index contributed by atoms with van der Waals surface area (Å²) in [5, 5.41) is 20.3. The molecule has 0 saturated carbocycles. The number of hydrogen-bond acceptors (Lipinski definition) is 6. The van der Waals surface area contributed by atoms with Crippen LogP contribution < -0.4 is 5.32 Å². The van der Waals surface area contributed by atoms with E-state index in [0.717, 1.165) is 9.26 Å². The maximum atomic E-state index is 10.4. The first-order chi connectivity index (χ1) is 8.65. The van der Waals surface area contributed by atoms with Gasteiger partial charge in [-0.15, -0.1) is 10.2 Å². The van der Waals surface area contributed by atoms with E-state index in [0.29, 0.717) is 9.47 Å². The van der Waals surface area contributed by atoms with Crippen LogP contribution in [0.2, 0.25) is 0 Å². The zero-order valence-corrected chi connectivity index (χ0v) is 12.8. The number of rotatable bonds is 5. The fraction of sp³-hybridized carbons (Fsp3) is 0.100. The van der Waals surface area contributed by atoms with Gasteiger partial charge in [0, 0.05) is 3.57 Å². The van der Waals surface area contributed by atoms with Gasteiger partial charge in [0.25, 0.3) is 0 Å². The molecule has 18 heavy (non-hydrogen) atoms. The molecule has 2 N–H and O–H groups in total. The molecule has 0 aliphatic rings. The van der Waals surface area contributed by atoms with E-state index in [4.69, 9.17) is 5.11 Å². The second kappa shape index (κ2) is 6.34. The van der Waals surface area contributed by atoms with Gasteiger partial charge in [-0.05, 0) is 34.7 Å². The molecule has 0 atom stereocenters. The molecule has 1 aromatic heterocycles. The topological polar surface area (TPSA) is 75.1 Å². The fourth-order valence-corrected chi connectivity index (χ4v) is 3.13. The van der Waals surface area contributed by atoms with Crippen LogP contribution in [0.25, 0.3) is 0 Å². The predicted octanol–water partition coefficient (Wildman–Crippen LogP) is 3.06. The third-order valence-corrected chi connectivity index (χ3v) is 4.74. The molecule has 2 rings (SSSR count). The Morgan fingerprint density at radius 2 is 2.22 bits per heavy atom. The molecule has 0 amide bonds. The van der Waals surface area contributed by atoms with Crippen LogP contribution in [-0.4, -0.2) is 27.0 Å². The van der Waals surface area contributed by atoms with E-state index in [2.05, 4.69) is 38.1 Å². The number of para-hydroxylation sites is 1. The molecule has 8 heteroatoms. The summed E-state index contributed by atoms with van der Waals surface area (Å²) in [5.74, 6) is -0.861. The van der Waals surface area contributed by atoms with Crippen molar-refractivity contribution in [2.75, 3.05) is 11.1 Å². The Bertz CT molecular complexity index is 562. The Morgan fingerprint density at radius 3 is 2.94 bits per heavy atom. The Labute approximate surface area is 125 Å². The largest absolute Gasteiger partial charge is 0.481 e. The molecular formula is C10H8IN3O2S2. The van der Waals surface area contributed by atoms with Crippen molar-refractivity contribution in [1.29, 1.82) is 0 Å². The van der Waals surface area contributed by atoms with Crippen molar-refractivity contribution in [3.63, 3.8) is 0 Å². The number of anilines is 2. The number of carboxylic acid groups (broad SMARTS) is 1. The number of carbonyl (C=O) groups is 1. The SMILES string of the molecule is O=C(O)CSc1nnc(Nc2ccccc2I)s1. The smallest absolute Gasteiger partial charge is 0.313 e. The van der Waals surface area contributed by atoms with E-state index in [1.54, 1.807) is 0 Å². The first-order valence-electron chi connectivity index (χ1n) is 4.85. The highest BCUT2D eigenvalue weighted by Gasteiger charge is 2.08. The molecular weight excluding hydrogens is 385 g/mol. The molecule has 0 aliphatic heterocycles. The first-order valence-corrected chi connectivity index (χ1v) is 7.73. The summed E-state index contributed by atoms with van der Waals surface area (Å²) in [5.41, 5.74) is 0.962. The van der Waals surface area contributed by atoms with Gasteiger partial charge < -0.3 is 10.4 Å². The molecule has 2 aromatic rings. The highest BCUT2D eigenvalue weighted by atomic mass is 127. The third kappa shape index (κ3) is 3.82. The van der Waals surface area contributed by atoms with Crippen LogP contribution in [0.15, 0.2) is 28.6 Å². The lowest BCUT2D eigenvalue weighted by molar-refractivity contribution is -0.133. The number of thioether (sulfide) groups is 1. The number of aromatic nitrogens is 2. The summed E-state index contributed by atoms with van der Waals surface area (Å²) in [6.45, 7) is 0. The molecule has 0 fully saturated rings. The maximum Gasteiger partial charge on any atom is 0.313 e. The van der Waals surface area contributed by atoms with Crippen LogP contribution in [0.5, 0.6) is 0 Å². The lowest BCUT2D eigenvalue weighted by Crippen LogP contribution is -1.96. The number of hydrogen-bond donors (Lipinski definition) is 2. The second-order valence-corrected chi connectivity index (χ2v) is 6.52. The summed E-state index contributed by atoms with van der Waals surface area (Å²) < 4.78 is 1.73. The highest BCUT2D eigenvalue weighted by molar-refractivity contribution is 14.1. The number of halogens is 1. The van der Waals surface area contributed by atoms with Crippen molar-refractivity contribution < 1.29 is 9.90 Å². The Hall–Kier alpha value is -0.870. The number of aliphatic carboxylic acids is 1. The summed E-state index contributed by atoms with van der Waals surface area (Å²) in [4.78, 5) is 10.4. The predicted molar refractivity (Wildman–Crippen MR) is 80.7 cm³/mol. The van der Waals surface area contributed by atoms with Gasteiger partial charge in [-0.1, -0.05) is 35.2 Å². The minimum atomic E-state index is -0.859. The van der Waals surface area contributed by atoms with Gasteiger partial charge in [0.1, 0.15) is 0 Å². The molecule has 0 saturated heterocycles. The van der Waals surface area contributed by atoms with Crippen molar-refractivity contribution in [2.45, 2.75) is 4.34 Å². The molecule has 0 bridgehead atoms. The van der Waals surface area contributed by atoms with Crippen LogP contribution in [0, 0.1) is 3.57 Å². The first kappa shape index (κ1) is 13.6. The van der Waals surface area contributed by atoms with E-state index in [1.165, 1.54) is 23.1 Å². The number of nitrogens with one attached hydrogen (secondary N) is 1. The molecule has 0 aliphatic carbocycles. The third-order valence-electron chi connectivity index (χ3n) is 1.84. The fourth-order valence-electron chi connectivity index (χ4n) is 1.12. The van der Waals surface area contributed by atoms with Crippen LogP contribution in [0.3, 0.4) is 0 Å². The number of nitrogens with zero attached hydrogens (tertiary/aromatic N) is 2. The number of carboxylic acids is 1. The Morgan fingerprint density at radius 1 is 1.44 bits per heavy atom. The highest BCUT2D eigenvalue weighted by Crippen LogP contribution is 2.28. The van der Waals surface area contributed by atoms with Crippen LogP contribution in [0.4, 0.5) is 10.8 Å². The maximum absolute atomic E-state index is 10.4. The van der Waals surface area contributed by atoms with Crippen LogP contribution >= 0.6 is 45.7 Å². The zero-order valence-electron chi connectivity index (χ0n) is 8.96. The van der Waals surface area contributed by atoms with Gasteiger partial charge in [0.2, 0.25) is 5.13 Å². The molecule has 1 heterocycles. The monoisotopic (exact) mass is 393 g/mol. The minimum absolute atomic E-state index is 0.00248. The van der Waals surface area contributed by atoms with Crippen molar-refractivity contribution in [3.05, 3.63) is 27.8 Å². The van der Waals surface area contributed by atoms with Crippen molar-refractivity contribution in [2.24, 2.45) is 0 Å². The number of benzene rings is 1. The van der Waals surface area contributed by atoms with Gasteiger partial charge in [0.15, 0.2) is 4.34 Å². The Kier molecular flexibility index (Phi) is 4.78. The van der Waals surface area contributed by atoms with Crippen LogP contribution in [-0.2, 0) is 4.79 Å². The van der Waals surface area contributed by atoms with E-state index in [1.807, 2.05) is 24.3 Å². The van der Waals surface area contributed by atoms with Gasteiger partial charge in [0.05, 0.1) is 11.4 Å². The lowest BCUT2D eigenvalue weighted by atomic mass is 10.3. The molecule has 0 unspecified atom stereocenters. The summed E-state index contributed by atoms with van der Waals surface area (Å²) in [7, 11) is 0. The molecule has 5 nitrogen and oxygen atoms in total. The van der Waals surface area contributed by atoms with Gasteiger partial charge in [-0.25, -0.2) is 0 Å². The van der Waals surface area contributed by atoms with Gasteiger partial charge in [-0.2, -0.15) is 0 Å². The Balaban J connectivity index is 2.02. The standard InChI is InChI=1S/C10H8IN3O2S2/c11-6-3-1-2-4-7(6)12-9-13-14-10(18-9)17-5-8(15)16/h1-4H,5H2,(H,12,13)(H,15,16). The second-order valence-electron chi connectivity index (χ2n) is 3.16. The molecule has 0 spiro atoms. The van der Waals surface area contributed by atoms with E-state index >= 15 is 0 Å². The quantitative estimate of drug-likeness (QED) is 0.601. The minimum Gasteiger partial charge on any atom is -0.481 e.